The Labute approximate surface area is 169 Å². The van der Waals surface area contributed by atoms with Gasteiger partial charge < -0.3 is 15.4 Å². The molecule has 0 aliphatic rings. The summed E-state index contributed by atoms with van der Waals surface area (Å²) in [6.45, 7) is 0.00713. The minimum Gasteiger partial charge on any atom is -0.481 e. The lowest BCUT2D eigenvalue weighted by molar-refractivity contribution is -0.141. The first kappa shape index (κ1) is 18.5. The third-order valence-electron chi connectivity index (χ3n) is 4.46. The number of carbonyl (C=O) groups is 2. The van der Waals surface area contributed by atoms with Crippen molar-refractivity contribution in [3.8, 4) is 0 Å². The first-order valence-corrected chi connectivity index (χ1v) is 9.83. The number of imidazole rings is 1. The van der Waals surface area contributed by atoms with E-state index in [4.69, 9.17) is 11.6 Å². The molecule has 2 aromatic heterocycles. The fourth-order valence-electron chi connectivity index (χ4n) is 3.02. The summed E-state index contributed by atoms with van der Waals surface area (Å²) < 4.78 is 1.02. The number of aromatic nitrogens is 2. The maximum absolute atomic E-state index is 12.4. The smallest absolute Gasteiger partial charge is 0.308 e. The van der Waals surface area contributed by atoms with Crippen LogP contribution in [0.1, 0.15) is 15.5 Å². The lowest BCUT2D eigenvalue weighted by Crippen LogP contribution is -2.34. The molecule has 0 aliphatic carbocycles. The second-order valence-corrected chi connectivity index (χ2v) is 7.91. The molecule has 0 bridgehead atoms. The number of benzene rings is 2. The van der Waals surface area contributed by atoms with Crippen molar-refractivity contribution in [2.24, 2.45) is 5.92 Å². The molecule has 0 fully saturated rings. The van der Waals surface area contributed by atoms with E-state index in [9.17, 15) is 14.7 Å². The molecule has 2 aromatic carbocycles. The Morgan fingerprint density at radius 2 is 2.04 bits per heavy atom. The van der Waals surface area contributed by atoms with Crippen LogP contribution in [0.5, 0.6) is 0 Å². The van der Waals surface area contributed by atoms with Crippen LogP contribution in [0.15, 0.2) is 48.5 Å². The van der Waals surface area contributed by atoms with E-state index in [2.05, 4.69) is 15.3 Å². The number of halogens is 1. The number of nitrogens with one attached hydrogen (secondary N) is 2. The van der Waals surface area contributed by atoms with Gasteiger partial charge in [0.25, 0.3) is 5.91 Å². The second-order valence-electron chi connectivity index (χ2n) is 6.42. The van der Waals surface area contributed by atoms with Crippen molar-refractivity contribution in [1.29, 1.82) is 0 Å². The highest BCUT2D eigenvalue weighted by molar-refractivity contribution is 7.20. The number of hydrogen-bond donors (Lipinski definition) is 3. The molecule has 28 heavy (non-hydrogen) atoms. The van der Waals surface area contributed by atoms with Gasteiger partial charge in [-0.1, -0.05) is 35.9 Å². The second kappa shape index (κ2) is 7.61. The number of aromatic amines is 1. The van der Waals surface area contributed by atoms with Crippen molar-refractivity contribution >= 4 is 55.9 Å². The zero-order chi connectivity index (χ0) is 19.7. The van der Waals surface area contributed by atoms with E-state index in [1.54, 1.807) is 12.1 Å². The molecule has 0 spiro atoms. The summed E-state index contributed by atoms with van der Waals surface area (Å²) in [5, 5.41) is 13.8. The number of fused-ring (bicyclic) bond motifs is 2. The van der Waals surface area contributed by atoms with Crippen LogP contribution in [0.2, 0.25) is 5.02 Å². The zero-order valence-electron chi connectivity index (χ0n) is 14.6. The lowest BCUT2D eigenvalue weighted by Gasteiger charge is -2.11. The predicted octanol–water partition coefficient (Wildman–Crippen LogP) is 4.10. The van der Waals surface area contributed by atoms with E-state index in [0.29, 0.717) is 21.2 Å². The summed E-state index contributed by atoms with van der Waals surface area (Å²) in [6, 6.07) is 14.9. The monoisotopic (exact) mass is 413 g/mol. The number of rotatable bonds is 6. The molecular formula is C20H16ClN3O3S. The van der Waals surface area contributed by atoms with Crippen molar-refractivity contribution in [3.63, 3.8) is 0 Å². The maximum Gasteiger partial charge on any atom is 0.308 e. The Balaban J connectivity index is 1.46. The molecule has 0 radical (unpaired) electrons. The third-order valence-corrected chi connectivity index (χ3v) is 5.88. The van der Waals surface area contributed by atoms with Gasteiger partial charge in [-0.2, -0.15) is 0 Å². The number of carboxylic acid groups (broad SMARTS) is 1. The highest BCUT2D eigenvalue weighted by atomic mass is 35.5. The van der Waals surface area contributed by atoms with Gasteiger partial charge in [0.15, 0.2) is 0 Å². The third kappa shape index (κ3) is 3.72. The van der Waals surface area contributed by atoms with E-state index in [-0.39, 0.29) is 18.9 Å². The largest absolute Gasteiger partial charge is 0.481 e. The molecule has 8 heteroatoms. The normalized spacial score (nSPS) is 12.3. The molecule has 0 aliphatic heterocycles. The number of nitrogens with zero attached hydrogens (tertiary/aromatic N) is 1. The van der Waals surface area contributed by atoms with Crippen molar-refractivity contribution in [2.45, 2.75) is 6.42 Å². The van der Waals surface area contributed by atoms with Crippen LogP contribution in [-0.2, 0) is 11.2 Å². The van der Waals surface area contributed by atoms with Gasteiger partial charge in [-0.3, -0.25) is 9.59 Å². The summed E-state index contributed by atoms with van der Waals surface area (Å²) in [5.74, 6) is -1.56. The van der Waals surface area contributed by atoms with Crippen LogP contribution < -0.4 is 5.32 Å². The number of amides is 1. The summed E-state index contributed by atoms with van der Waals surface area (Å²) in [6.07, 6.45) is 0.160. The molecule has 2 heterocycles. The Kier molecular flexibility index (Phi) is 5.02. The first-order valence-electron chi connectivity index (χ1n) is 8.64. The summed E-state index contributed by atoms with van der Waals surface area (Å²) >= 11 is 7.50. The number of aliphatic carboxylic acids is 1. The van der Waals surface area contributed by atoms with Crippen molar-refractivity contribution in [2.75, 3.05) is 6.54 Å². The molecule has 6 nitrogen and oxygen atoms in total. The molecule has 1 atom stereocenters. The minimum atomic E-state index is -0.997. The highest BCUT2D eigenvalue weighted by Crippen LogP contribution is 2.25. The van der Waals surface area contributed by atoms with Gasteiger partial charge in [-0.15, -0.1) is 11.3 Å². The molecular weight excluding hydrogens is 398 g/mol. The topological polar surface area (TPSA) is 95.1 Å². The molecule has 1 amide bonds. The van der Waals surface area contributed by atoms with Gasteiger partial charge in [-0.25, -0.2) is 4.98 Å². The van der Waals surface area contributed by atoms with Crippen molar-refractivity contribution in [1.82, 2.24) is 15.3 Å². The van der Waals surface area contributed by atoms with Crippen LogP contribution in [0.3, 0.4) is 0 Å². The average Bonchev–Trinajstić information content (AvgIpc) is 3.29. The van der Waals surface area contributed by atoms with E-state index >= 15 is 0 Å². The Morgan fingerprint density at radius 1 is 1.21 bits per heavy atom. The summed E-state index contributed by atoms with van der Waals surface area (Å²) in [7, 11) is 0. The molecule has 0 saturated heterocycles. The lowest BCUT2D eigenvalue weighted by atomic mass is 10.1. The van der Waals surface area contributed by atoms with E-state index in [0.717, 1.165) is 15.6 Å². The van der Waals surface area contributed by atoms with Crippen molar-refractivity contribution in [3.05, 3.63) is 64.3 Å². The number of thiophene rings is 1. The first-order chi connectivity index (χ1) is 13.5. The van der Waals surface area contributed by atoms with Gasteiger partial charge in [0.2, 0.25) is 0 Å². The van der Waals surface area contributed by atoms with Crippen molar-refractivity contribution < 1.29 is 14.7 Å². The van der Waals surface area contributed by atoms with E-state index in [1.807, 2.05) is 36.4 Å². The molecule has 1 unspecified atom stereocenters. The average molecular weight is 414 g/mol. The fourth-order valence-corrected chi connectivity index (χ4v) is 4.22. The Bertz CT molecular complexity index is 1150. The SMILES string of the molecule is O=C(NCC(Cc1nc2c(Cl)cccc2[nH]1)C(=O)O)c1cc2ccccc2s1. The molecule has 4 rings (SSSR count). The minimum absolute atomic E-state index is 0.00713. The van der Waals surface area contributed by atoms with Gasteiger partial charge in [0.05, 0.1) is 21.3 Å². The van der Waals surface area contributed by atoms with Crippen LogP contribution in [0, 0.1) is 5.92 Å². The predicted molar refractivity (Wildman–Crippen MR) is 110 cm³/mol. The maximum atomic E-state index is 12.4. The van der Waals surface area contributed by atoms with Crippen LogP contribution in [-0.4, -0.2) is 33.5 Å². The number of carboxylic acids is 1. The number of para-hydroxylation sites is 1. The molecule has 3 N–H and O–H groups in total. The number of H-pyrrole nitrogens is 1. The van der Waals surface area contributed by atoms with Crippen LogP contribution in [0.25, 0.3) is 21.1 Å². The highest BCUT2D eigenvalue weighted by Gasteiger charge is 2.22. The Hall–Kier alpha value is -2.90. The number of hydrogen-bond acceptors (Lipinski definition) is 4. The van der Waals surface area contributed by atoms with Crippen LogP contribution in [0.4, 0.5) is 0 Å². The zero-order valence-corrected chi connectivity index (χ0v) is 16.2. The van der Waals surface area contributed by atoms with E-state index < -0.39 is 11.9 Å². The summed E-state index contributed by atoms with van der Waals surface area (Å²) in [4.78, 5) is 32.1. The number of carbonyl (C=O) groups excluding carboxylic acids is 1. The summed E-state index contributed by atoms with van der Waals surface area (Å²) in [5.41, 5.74) is 1.36. The van der Waals surface area contributed by atoms with Gasteiger partial charge in [0, 0.05) is 17.7 Å². The standard InChI is InChI=1S/C20H16ClN3O3S/c21-13-5-3-6-14-18(13)24-17(23-14)9-12(20(26)27)10-22-19(25)16-8-11-4-1-2-7-15(11)28-16/h1-8,12H,9-10H2,(H,22,25)(H,23,24)(H,26,27). The molecule has 142 valence electrons. The van der Waals surface area contributed by atoms with Crippen LogP contribution >= 0.6 is 22.9 Å². The van der Waals surface area contributed by atoms with Gasteiger partial charge >= 0.3 is 5.97 Å². The van der Waals surface area contributed by atoms with Gasteiger partial charge in [-0.05, 0) is 29.7 Å². The fraction of sp³-hybridized carbons (Fsp3) is 0.150. The van der Waals surface area contributed by atoms with E-state index in [1.165, 1.54) is 11.3 Å². The quantitative estimate of drug-likeness (QED) is 0.443. The molecule has 4 aromatic rings. The van der Waals surface area contributed by atoms with Gasteiger partial charge in [0.1, 0.15) is 11.3 Å². The molecule has 0 saturated carbocycles. The Morgan fingerprint density at radius 3 is 2.79 bits per heavy atom.